The average molecular weight is 409 g/mol. The highest BCUT2D eigenvalue weighted by Crippen LogP contribution is 2.36. The molecule has 0 aromatic carbocycles. The van der Waals surface area contributed by atoms with E-state index in [0.717, 1.165) is 36.2 Å². The van der Waals surface area contributed by atoms with Crippen LogP contribution in [0.25, 0.3) is 5.69 Å². The Bertz CT molecular complexity index is 1010. The third-order valence-electron chi connectivity index (χ3n) is 5.08. The van der Waals surface area contributed by atoms with Gasteiger partial charge in [-0.25, -0.2) is 14.5 Å². The standard InChI is InChI=1S/C21H27N7O2/c1-13(2)24-21(29)30-17-5-4-15(8-17)18-10-20(27-26-18)25-19-9-16(6-7-22-19)28-12-14(3)11-23-28/h6-7,9-13,15,17H,4-5,8H2,1-3H3,(H,24,29)(H2,22,25,26,27)/t15-,17+/m0/s1. The normalized spacial score (nSPS) is 18.5. The van der Waals surface area contributed by atoms with E-state index in [2.05, 4.69) is 30.9 Å². The zero-order valence-corrected chi connectivity index (χ0v) is 17.4. The Balaban J connectivity index is 1.36. The summed E-state index contributed by atoms with van der Waals surface area (Å²) in [7, 11) is 0. The van der Waals surface area contributed by atoms with Crippen LogP contribution in [0, 0.1) is 6.92 Å². The fraction of sp³-hybridized carbons (Fsp3) is 0.429. The molecule has 0 radical (unpaired) electrons. The number of H-pyrrole nitrogens is 1. The van der Waals surface area contributed by atoms with Gasteiger partial charge >= 0.3 is 6.09 Å². The van der Waals surface area contributed by atoms with Crippen LogP contribution >= 0.6 is 0 Å². The molecular formula is C21H27N7O2. The smallest absolute Gasteiger partial charge is 0.407 e. The molecule has 9 nitrogen and oxygen atoms in total. The number of hydrogen-bond acceptors (Lipinski definition) is 6. The molecule has 158 valence electrons. The van der Waals surface area contributed by atoms with Crippen molar-refractivity contribution in [1.82, 2.24) is 30.3 Å². The van der Waals surface area contributed by atoms with E-state index >= 15 is 0 Å². The van der Waals surface area contributed by atoms with Crippen LogP contribution in [0.1, 0.15) is 50.3 Å². The number of ether oxygens (including phenoxy) is 1. The Kier molecular flexibility index (Phi) is 5.69. The summed E-state index contributed by atoms with van der Waals surface area (Å²) in [6.07, 6.45) is 7.71. The van der Waals surface area contributed by atoms with Crippen LogP contribution in [0.5, 0.6) is 0 Å². The van der Waals surface area contributed by atoms with E-state index in [1.165, 1.54) is 0 Å². The molecule has 3 heterocycles. The molecule has 1 fully saturated rings. The number of aromatic amines is 1. The predicted octanol–water partition coefficient (Wildman–Crippen LogP) is 3.81. The third kappa shape index (κ3) is 4.79. The summed E-state index contributed by atoms with van der Waals surface area (Å²) in [6.45, 7) is 5.83. The van der Waals surface area contributed by atoms with Gasteiger partial charge in [-0.15, -0.1) is 0 Å². The lowest BCUT2D eigenvalue weighted by Gasteiger charge is -2.14. The van der Waals surface area contributed by atoms with E-state index in [-0.39, 0.29) is 24.2 Å². The maximum absolute atomic E-state index is 11.8. The second-order valence-electron chi connectivity index (χ2n) is 8.03. The molecule has 0 unspecified atom stereocenters. The fourth-order valence-electron chi connectivity index (χ4n) is 3.68. The van der Waals surface area contributed by atoms with E-state index in [9.17, 15) is 4.79 Å². The number of nitrogens with one attached hydrogen (secondary N) is 3. The molecule has 0 bridgehead atoms. The second kappa shape index (κ2) is 8.56. The van der Waals surface area contributed by atoms with Crippen molar-refractivity contribution < 1.29 is 9.53 Å². The van der Waals surface area contributed by atoms with Crippen molar-refractivity contribution in [3.8, 4) is 5.69 Å². The number of carbonyl (C=O) groups excluding carboxylic acids is 1. The molecule has 30 heavy (non-hydrogen) atoms. The zero-order chi connectivity index (χ0) is 21.1. The Morgan fingerprint density at radius 3 is 2.93 bits per heavy atom. The topological polar surface area (TPSA) is 110 Å². The van der Waals surface area contributed by atoms with Crippen molar-refractivity contribution >= 4 is 17.7 Å². The van der Waals surface area contributed by atoms with Gasteiger partial charge in [0.15, 0.2) is 5.82 Å². The molecule has 0 spiro atoms. The zero-order valence-electron chi connectivity index (χ0n) is 17.4. The molecular weight excluding hydrogens is 382 g/mol. The molecule has 0 saturated heterocycles. The highest BCUT2D eigenvalue weighted by Gasteiger charge is 2.30. The molecule has 0 aliphatic heterocycles. The molecule has 1 amide bonds. The number of anilines is 2. The molecule has 9 heteroatoms. The van der Waals surface area contributed by atoms with Crippen molar-refractivity contribution in [2.24, 2.45) is 0 Å². The molecule has 2 atom stereocenters. The number of amides is 1. The Morgan fingerprint density at radius 1 is 1.30 bits per heavy atom. The second-order valence-corrected chi connectivity index (χ2v) is 8.03. The Morgan fingerprint density at radius 2 is 2.17 bits per heavy atom. The summed E-state index contributed by atoms with van der Waals surface area (Å²) < 4.78 is 7.33. The average Bonchev–Trinajstić information content (AvgIpc) is 3.42. The van der Waals surface area contributed by atoms with Crippen molar-refractivity contribution in [1.29, 1.82) is 0 Å². The highest BCUT2D eigenvalue weighted by atomic mass is 16.6. The quantitative estimate of drug-likeness (QED) is 0.571. The lowest BCUT2D eigenvalue weighted by molar-refractivity contribution is 0.0981. The van der Waals surface area contributed by atoms with Crippen LogP contribution in [-0.4, -0.2) is 43.2 Å². The first-order chi connectivity index (χ1) is 14.5. The molecule has 1 saturated carbocycles. The van der Waals surface area contributed by atoms with Gasteiger partial charge in [-0.1, -0.05) is 0 Å². The van der Waals surface area contributed by atoms with Crippen molar-refractivity contribution in [3.63, 3.8) is 0 Å². The van der Waals surface area contributed by atoms with Gasteiger partial charge in [-0.2, -0.15) is 10.2 Å². The number of aryl methyl sites for hydroxylation is 1. The largest absolute Gasteiger partial charge is 0.446 e. The van der Waals surface area contributed by atoms with Gasteiger partial charge in [0.05, 0.1) is 11.9 Å². The first kappa shape index (κ1) is 19.9. The number of rotatable bonds is 6. The van der Waals surface area contributed by atoms with E-state index in [1.54, 1.807) is 6.20 Å². The number of carbonyl (C=O) groups is 1. The number of alkyl carbamates (subject to hydrolysis) is 1. The molecule has 3 aromatic rings. The first-order valence-corrected chi connectivity index (χ1v) is 10.2. The van der Waals surface area contributed by atoms with Crippen LogP contribution in [0.15, 0.2) is 36.8 Å². The lowest BCUT2D eigenvalue weighted by Crippen LogP contribution is -2.33. The number of nitrogens with zero attached hydrogens (tertiary/aromatic N) is 4. The van der Waals surface area contributed by atoms with Gasteiger partial charge in [-0.05, 0) is 51.7 Å². The van der Waals surface area contributed by atoms with Gasteiger partial charge < -0.3 is 15.4 Å². The summed E-state index contributed by atoms with van der Waals surface area (Å²) in [5.41, 5.74) is 3.05. The summed E-state index contributed by atoms with van der Waals surface area (Å²) in [5, 5.41) is 17.8. The highest BCUT2D eigenvalue weighted by molar-refractivity contribution is 5.67. The molecule has 1 aliphatic rings. The predicted molar refractivity (Wildman–Crippen MR) is 113 cm³/mol. The monoisotopic (exact) mass is 409 g/mol. The van der Waals surface area contributed by atoms with Crippen LogP contribution < -0.4 is 10.6 Å². The van der Waals surface area contributed by atoms with E-state index in [4.69, 9.17) is 4.74 Å². The van der Waals surface area contributed by atoms with Gasteiger partial charge in [0.25, 0.3) is 0 Å². The van der Waals surface area contributed by atoms with E-state index < -0.39 is 0 Å². The first-order valence-electron chi connectivity index (χ1n) is 10.2. The molecule has 1 aliphatic carbocycles. The van der Waals surface area contributed by atoms with Crippen molar-refractivity contribution in [2.75, 3.05) is 5.32 Å². The van der Waals surface area contributed by atoms with Crippen LogP contribution in [0.3, 0.4) is 0 Å². The lowest BCUT2D eigenvalue weighted by atomic mass is 10.0. The van der Waals surface area contributed by atoms with E-state index in [1.807, 2.05) is 56.0 Å². The molecule has 3 N–H and O–H groups in total. The van der Waals surface area contributed by atoms with Gasteiger partial charge in [0, 0.05) is 42.2 Å². The molecule has 3 aromatic heterocycles. The minimum absolute atomic E-state index is 0.0654. The number of aromatic nitrogens is 5. The third-order valence-corrected chi connectivity index (χ3v) is 5.08. The Hall–Kier alpha value is -3.36. The summed E-state index contributed by atoms with van der Waals surface area (Å²) in [6, 6.07) is 5.89. The van der Waals surface area contributed by atoms with Crippen molar-refractivity contribution in [3.05, 3.63) is 48.0 Å². The molecule has 4 rings (SSSR count). The van der Waals surface area contributed by atoms with Gasteiger partial charge in [-0.3, -0.25) is 5.10 Å². The maximum Gasteiger partial charge on any atom is 0.407 e. The van der Waals surface area contributed by atoms with E-state index in [0.29, 0.717) is 11.6 Å². The van der Waals surface area contributed by atoms with Crippen LogP contribution in [0.2, 0.25) is 0 Å². The number of pyridine rings is 1. The minimum atomic E-state index is -0.346. The van der Waals surface area contributed by atoms with Crippen molar-refractivity contribution in [2.45, 2.75) is 58.1 Å². The van der Waals surface area contributed by atoms with Gasteiger partial charge in [0.1, 0.15) is 11.9 Å². The summed E-state index contributed by atoms with van der Waals surface area (Å²) in [5.74, 6) is 1.68. The number of hydrogen-bond donors (Lipinski definition) is 3. The summed E-state index contributed by atoms with van der Waals surface area (Å²) >= 11 is 0. The van der Waals surface area contributed by atoms with Gasteiger partial charge in [0.2, 0.25) is 0 Å². The van der Waals surface area contributed by atoms with Crippen LogP contribution in [0.4, 0.5) is 16.4 Å². The fourth-order valence-corrected chi connectivity index (χ4v) is 3.68. The maximum atomic E-state index is 11.8. The Labute approximate surface area is 175 Å². The SMILES string of the molecule is Cc1cnn(-c2ccnc(Nc3cc([C@H]4CC[C@@H](OC(=O)NC(C)C)C4)[nH]n3)c2)c1. The minimum Gasteiger partial charge on any atom is -0.446 e. The van der Waals surface area contributed by atoms with Crippen LogP contribution in [-0.2, 0) is 4.74 Å². The summed E-state index contributed by atoms with van der Waals surface area (Å²) in [4.78, 5) is 16.2.